The lowest BCUT2D eigenvalue weighted by molar-refractivity contribution is -0.163. The van der Waals surface area contributed by atoms with Crippen LogP contribution in [0.5, 0.6) is 0 Å². The summed E-state index contributed by atoms with van der Waals surface area (Å²) in [7, 11) is 1.38. The number of nitrogens with zero attached hydrogens (tertiary/aromatic N) is 1. The Morgan fingerprint density at radius 3 is 2.47 bits per heavy atom. The second-order valence-corrected chi connectivity index (χ2v) is 4.17. The first kappa shape index (κ1) is 14.2. The highest BCUT2D eigenvalue weighted by atomic mass is 19.4. The Balaban J connectivity index is 2.55. The minimum absolute atomic E-state index is 0.0976. The van der Waals surface area contributed by atoms with E-state index in [1.807, 2.05) is 0 Å². The Kier molecular flexibility index (Phi) is 4.76. The van der Waals surface area contributed by atoms with Crippen molar-refractivity contribution in [2.75, 3.05) is 20.2 Å². The quantitative estimate of drug-likeness (QED) is 0.766. The van der Waals surface area contributed by atoms with E-state index in [0.717, 1.165) is 4.90 Å². The Bertz CT molecular complexity index is 263. The van der Waals surface area contributed by atoms with Gasteiger partial charge in [0.1, 0.15) is 6.54 Å². The molecule has 0 aliphatic heterocycles. The maximum absolute atomic E-state index is 12.3. The van der Waals surface area contributed by atoms with Crippen LogP contribution in [0.4, 0.5) is 13.2 Å². The van der Waals surface area contributed by atoms with Crippen LogP contribution in [0.25, 0.3) is 0 Å². The van der Waals surface area contributed by atoms with Gasteiger partial charge >= 0.3 is 6.18 Å². The minimum atomic E-state index is -4.36. The first-order valence-corrected chi connectivity index (χ1v) is 5.46. The van der Waals surface area contributed by atoms with Crippen molar-refractivity contribution >= 4 is 5.91 Å². The molecule has 2 N–H and O–H groups in total. The van der Waals surface area contributed by atoms with Gasteiger partial charge in [0.15, 0.2) is 0 Å². The fraction of sp³-hybridized carbons (Fsp3) is 0.900. The topological polar surface area (TPSA) is 55.6 Å². The standard InChI is InChI=1S/C10H17F3N2O2/c1-17-8(5-14)4-9(16)15(7-2-3-7)6-10(11,12)13/h7-8H,2-6,14H2,1H3. The van der Waals surface area contributed by atoms with E-state index in [2.05, 4.69) is 0 Å². The molecule has 0 radical (unpaired) electrons. The van der Waals surface area contributed by atoms with Gasteiger partial charge in [0.25, 0.3) is 0 Å². The molecule has 1 rings (SSSR count). The summed E-state index contributed by atoms with van der Waals surface area (Å²) in [5, 5.41) is 0. The molecule has 17 heavy (non-hydrogen) atoms. The molecule has 0 bridgehead atoms. The monoisotopic (exact) mass is 254 g/mol. The Labute approximate surface area is 97.9 Å². The van der Waals surface area contributed by atoms with Gasteiger partial charge in [-0.25, -0.2) is 0 Å². The summed E-state index contributed by atoms with van der Waals surface area (Å²) < 4.78 is 41.8. The third-order valence-corrected chi connectivity index (χ3v) is 2.66. The number of rotatable bonds is 6. The highest BCUT2D eigenvalue weighted by molar-refractivity contribution is 5.77. The summed E-state index contributed by atoms with van der Waals surface area (Å²) in [6.07, 6.45) is -3.69. The van der Waals surface area contributed by atoms with E-state index in [1.165, 1.54) is 7.11 Å². The maximum atomic E-state index is 12.3. The van der Waals surface area contributed by atoms with E-state index in [-0.39, 0.29) is 19.0 Å². The van der Waals surface area contributed by atoms with Gasteiger partial charge in [0, 0.05) is 19.7 Å². The number of carbonyl (C=O) groups excluding carboxylic acids is 1. The number of carbonyl (C=O) groups is 1. The average molecular weight is 254 g/mol. The summed E-state index contributed by atoms with van der Waals surface area (Å²) >= 11 is 0. The van der Waals surface area contributed by atoms with Gasteiger partial charge in [-0.05, 0) is 12.8 Å². The molecule has 0 saturated heterocycles. The molecule has 1 aliphatic carbocycles. The number of hydrogen-bond acceptors (Lipinski definition) is 3. The van der Waals surface area contributed by atoms with Crippen LogP contribution in [0.1, 0.15) is 19.3 Å². The van der Waals surface area contributed by atoms with Crippen molar-refractivity contribution in [3.63, 3.8) is 0 Å². The van der Waals surface area contributed by atoms with E-state index in [0.29, 0.717) is 12.8 Å². The van der Waals surface area contributed by atoms with Crippen LogP contribution < -0.4 is 5.73 Å². The lowest BCUT2D eigenvalue weighted by Gasteiger charge is -2.25. The van der Waals surface area contributed by atoms with E-state index >= 15 is 0 Å². The van der Waals surface area contributed by atoms with Crippen LogP contribution >= 0.6 is 0 Å². The Hall–Kier alpha value is -0.820. The highest BCUT2D eigenvalue weighted by Crippen LogP contribution is 2.30. The first-order chi connectivity index (χ1) is 7.87. The molecule has 1 amide bonds. The number of hydrogen-bond donors (Lipinski definition) is 1. The van der Waals surface area contributed by atoms with Crippen molar-refractivity contribution in [1.29, 1.82) is 0 Å². The molecule has 1 atom stereocenters. The molecule has 0 aromatic rings. The van der Waals surface area contributed by atoms with Crippen LogP contribution in [-0.2, 0) is 9.53 Å². The lowest BCUT2D eigenvalue weighted by atomic mass is 10.2. The molecular formula is C10H17F3N2O2. The fourth-order valence-corrected chi connectivity index (χ4v) is 1.58. The van der Waals surface area contributed by atoms with Crippen LogP contribution in [-0.4, -0.2) is 49.3 Å². The zero-order valence-electron chi connectivity index (χ0n) is 9.67. The summed E-state index contributed by atoms with van der Waals surface area (Å²) in [6.45, 7) is -1.07. The fourth-order valence-electron chi connectivity index (χ4n) is 1.58. The number of alkyl halides is 3. The van der Waals surface area contributed by atoms with Gasteiger partial charge in [-0.15, -0.1) is 0 Å². The van der Waals surface area contributed by atoms with Gasteiger partial charge < -0.3 is 15.4 Å². The molecule has 1 saturated carbocycles. The van der Waals surface area contributed by atoms with Gasteiger partial charge in [-0.1, -0.05) is 0 Å². The summed E-state index contributed by atoms with van der Waals surface area (Å²) in [6, 6.07) is -0.264. The second kappa shape index (κ2) is 5.68. The summed E-state index contributed by atoms with van der Waals surface area (Å²) in [4.78, 5) is 12.6. The summed E-state index contributed by atoms with van der Waals surface area (Å²) in [5.41, 5.74) is 5.33. The van der Waals surface area contributed by atoms with Crippen molar-refractivity contribution in [1.82, 2.24) is 4.90 Å². The highest BCUT2D eigenvalue weighted by Gasteiger charge is 2.40. The third kappa shape index (κ3) is 4.91. The Morgan fingerprint density at radius 1 is 1.53 bits per heavy atom. The van der Waals surface area contributed by atoms with Crippen LogP contribution in [0.2, 0.25) is 0 Å². The summed E-state index contributed by atoms with van der Waals surface area (Å²) in [5.74, 6) is -0.540. The molecule has 1 fully saturated rings. The molecule has 0 heterocycles. The number of ether oxygens (including phenoxy) is 1. The number of nitrogens with two attached hydrogens (primary N) is 1. The van der Waals surface area contributed by atoms with Crippen LogP contribution in [0.3, 0.4) is 0 Å². The normalized spacial score (nSPS) is 17.9. The largest absolute Gasteiger partial charge is 0.406 e. The van der Waals surface area contributed by atoms with Crippen molar-refractivity contribution in [3.05, 3.63) is 0 Å². The predicted molar refractivity (Wildman–Crippen MR) is 55.3 cm³/mol. The van der Waals surface area contributed by atoms with Gasteiger partial charge in [-0.3, -0.25) is 4.79 Å². The van der Waals surface area contributed by atoms with Crippen molar-refractivity contribution in [2.24, 2.45) is 5.73 Å². The van der Waals surface area contributed by atoms with E-state index in [1.54, 1.807) is 0 Å². The molecular weight excluding hydrogens is 237 g/mol. The van der Waals surface area contributed by atoms with E-state index < -0.39 is 24.7 Å². The molecule has 1 aliphatic rings. The van der Waals surface area contributed by atoms with Crippen LogP contribution in [0, 0.1) is 0 Å². The number of amides is 1. The van der Waals surface area contributed by atoms with E-state index in [4.69, 9.17) is 10.5 Å². The van der Waals surface area contributed by atoms with Gasteiger partial charge in [-0.2, -0.15) is 13.2 Å². The molecule has 1 unspecified atom stereocenters. The zero-order chi connectivity index (χ0) is 13.1. The number of methoxy groups -OCH3 is 1. The molecule has 7 heteroatoms. The van der Waals surface area contributed by atoms with Crippen molar-refractivity contribution < 1.29 is 22.7 Å². The maximum Gasteiger partial charge on any atom is 0.406 e. The third-order valence-electron chi connectivity index (χ3n) is 2.66. The smallest absolute Gasteiger partial charge is 0.380 e. The molecule has 0 spiro atoms. The second-order valence-electron chi connectivity index (χ2n) is 4.17. The predicted octanol–water partition coefficient (Wildman–Crippen LogP) is 0.903. The van der Waals surface area contributed by atoms with Crippen LogP contribution in [0.15, 0.2) is 0 Å². The van der Waals surface area contributed by atoms with E-state index in [9.17, 15) is 18.0 Å². The SMILES string of the molecule is COC(CN)CC(=O)N(CC(F)(F)F)C1CC1. The number of halogens is 3. The van der Waals surface area contributed by atoms with Gasteiger partial charge in [0.2, 0.25) is 5.91 Å². The van der Waals surface area contributed by atoms with Crippen molar-refractivity contribution in [3.8, 4) is 0 Å². The minimum Gasteiger partial charge on any atom is -0.380 e. The zero-order valence-corrected chi connectivity index (χ0v) is 9.67. The lowest BCUT2D eigenvalue weighted by Crippen LogP contribution is -2.42. The molecule has 0 aromatic carbocycles. The molecule has 4 nitrogen and oxygen atoms in total. The van der Waals surface area contributed by atoms with Gasteiger partial charge in [0.05, 0.1) is 12.5 Å². The average Bonchev–Trinajstić information content (AvgIpc) is 3.04. The Morgan fingerprint density at radius 2 is 2.12 bits per heavy atom. The van der Waals surface area contributed by atoms with Crippen molar-refractivity contribution in [2.45, 2.75) is 37.6 Å². The first-order valence-electron chi connectivity index (χ1n) is 5.46. The molecule has 0 aromatic heterocycles. The molecule has 100 valence electrons.